The van der Waals surface area contributed by atoms with Gasteiger partial charge in [-0.05, 0) is 6.92 Å². The molecule has 1 rings (SSSR count). The zero-order valence-electron chi connectivity index (χ0n) is 4.72. The predicted molar refractivity (Wildman–Crippen MR) is 32.9 cm³/mol. The fraction of sp³-hybridized carbons (Fsp3) is 0.800. The molecule has 1 unspecified atom stereocenters. The Kier molecular flexibility index (Phi) is 1.58. The van der Waals surface area contributed by atoms with E-state index >= 15 is 0 Å². The minimum Gasteiger partial charge on any atom is -0.357 e. The Balaban J connectivity index is 2.52. The molecule has 46 valence electrons. The normalized spacial score (nSPS) is 37.6. The largest absolute Gasteiger partial charge is 0.357 e. The van der Waals surface area contributed by atoms with Gasteiger partial charge in [-0.3, -0.25) is 4.79 Å². The number of carbonyl (C=O) groups excluding carboxylic acids is 1. The Morgan fingerprint density at radius 3 is 2.88 bits per heavy atom. The van der Waals surface area contributed by atoms with Crippen molar-refractivity contribution in [2.75, 3.05) is 12.4 Å². The van der Waals surface area contributed by atoms with Gasteiger partial charge in [0.1, 0.15) is 0 Å². The lowest BCUT2D eigenvalue weighted by molar-refractivity contribution is -0.118. The molecule has 0 bridgehead atoms. The summed E-state index contributed by atoms with van der Waals surface area (Å²) in [5.41, 5.74) is 0. The third-order valence-electron chi connectivity index (χ3n) is 1.07. The van der Waals surface area contributed by atoms with Gasteiger partial charge in [-0.2, -0.15) is 0 Å². The van der Waals surface area contributed by atoms with Gasteiger partial charge in [-0.15, -0.1) is 11.8 Å². The third kappa shape index (κ3) is 1.03. The van der Waals surface area contributed by atoms with Gasteiger partial charge in [0.25, 0.3) is 0 Å². The van der Waals surface area contributed by atoms with Crippen LogP contribution in [0.2, 0.25) is 0 Å². The summed E-state index contributed by atoms with van der Waals surface area (Å²) in [5.74, 6) is 0.940. The van der Waals surface area contributed by atoms with Crippen molar-refractivity contribution in [1.29, 1.82) is 0 Å². The van der Waals surface area contributed by atoms with Gasteiger partial charge in [0.2, 0.25) is 0 Å². The van der Waals surface area contributed by atoms with Crippen molar-refractivity contribution < 1.29 is 9.53 Å². The Morgan fingerprint density at radius 2 is 2.62 bits per heavy atom. The maximum Gasteiger partial charge on any atom is 0.166 e. The standard InChI is InChI=1S/C5H8O2S/c1-5(4-6)7-2-3-8-5/h4H,2-3H2,1H3. The van der Waals surface area contributed by atoms with E-state index in [1.807, 2.05) is 0 Å². The molecule has 1 aliphatic heterocycles. The fourth-order valence-corrected chi connectivity index (χ4v) is 1.41. The van der Waals surface area contributed by atoms with E-state index in [0.29, 0.717) is 6.61 Å². The zero-order chi connectivity index (χ0) is 6.04. The molecule has 0 spiro atoms. The van der Waals surface area contributed by atoms with Crippen molar-refractivity contribution in [1.82, 2.24) is 0 Å². The highest BCUT2D eigenvalue weighted by molar-refractivity contribution is 8.01. The molecule has 0 amide bonds. The van der Waals surface area contributed by atoms with Crippen LogP contribution in [0.1, 0.15) is 6.92 Å². The molecule has 1 atom stereocenters. The number of thioether (sulfide) groups is 1. The van der Waals surface area contributed by atoms with Crippen molar-refractivity contribution in [2.45, 2.75) is 11.9 Å². The number of aldehydes is 1. The lowest BCUT2D eigenvalue weighted by Crippen LogP contribution is -2.20. The van der Waals surface area contributed by atoms with Crippen LogP contribution in [0.25, 0.3) is 0 Å². The van der Waals surface area contributed by atoms with E-state index in [4.69, 9.17) is 4.74 Å². The van der Waals surface area contributed by atoms with E-state index in [1.54, 1.807) is 18.7 Å². The molecule has 0 saturated carbocycles. The molecule has 0 N–H and O–H groups in total. The second kappa shape index (κ2) is 2.07. The maximum atomic E-state index is 10.2. The van der Waals surface area contributed by atoms with Crippen LogP contribution in [-0.4, -0.2) is 23.6 Å². The summed E-state index contributed by atoms with van der Waals surface area (Å²) in [6.07, 6.45) is 0.852. The third-order valence-corrected chi connectivity index (χ3v) is 2.23. The number of carbonyl (C=O) groups is 1. The summed E-state index contributed by atoms with van der Waals surface area (Å²) in [7, 11) is 0. The summed E-state index contributed by atoms with van der Waals surface area (Å²) in [4.78, 5) is 9.66. The van der Waals surface area contributed by atoms with E-state index in [1.165, 1.54) is 0 Å². The highest BCUT2D eigenvalue weighted by Gasteiger charge is 2.29. The van der Waals surface area contributed by atoms with E-state index in [0.717, 1.165) is 12.0 Å². The van der Waals surface area contributed by atoms with Gasteiger partial charge in [0.15, 0.2) is 11.2 Å². The molecule has 0 aliphatic carbocycles. The summed E-state index contributed by atoms with van der Waals surface area (Å²) in [5, 5.41) is 0. The van der Waals surface area contributed by atoms with Crippen molar-refractivity contribution in [3.05, 3.63) is 0 Å². The number of rotatable bonds is 1. The number of hydrogen-bond donors (Lipinski definition) is 0. The van der Waals surface area contributed by atoms with Crippen LogP contribution in [-0.2, 0) is 9.53 Å². The summed E-state index contributed by atoms with van der Waals surface area (Å²) in [6.45, 7) is 2.50. The molecule has 3 heteroatoms. The molecule has 1 fully saturated rings. The first-order valence-corrected chi connectivity index (χ1v) is 3.50. The summed E-state index contributed by atoms with van der Waals surface area (Å²) >= 11 is 1.55. The van der Waals surface area contributed by atoms with Gasteiger partial charge in [0.05, 0.1) is 6.61 Å². The van der Waals surface area contributed by atoms with Crippen molar-refractivity contribution in [2.24, 2.45) is 0 Å². The van der Waals surface area contributed by atoms with Crippen LogP contribution in [0.5, 0.6) is 0 Å². The highest BCUT2D eigenvalue weighted by Crippen LogP contribution is 2.29. The second-order valence-corrected chi connectivity index (χ2v) is 3.34. The molecule has 0 aromatic carbocycles. The van der Waals surface area contributed by atoms with Gasteiger partial charge >= 0.3 is 0 Å². The molecule has 1 heterocycles. The lowest BCUT2D eigenvalue weighted by Gasteiger charge is -2.11. The van der Waals surface area contributed by atoms with Crippen molar-refractivity contribution in [3.63, 3.8) is 0 Å². The van der Waals surface area contributed by atoms with Crippen molar-refractivity contribution in [3.8, 4) is 0 Å². The first kappa shape index (κ1) is 6.11. The molecule has 0 radical (unpaired) electrons. The van der Waals surface area contributed by atoms with E-state index in [9.17, 15) is 4.79 Å². The topological polar surface area (TPSA) is 26.3 Å². The van der Waals surface area contributed by atoms with Gasteiger partial charge in [-0.25, -0.2) is 0 Å². The van der Waals surface area contributed by atoms with E-state index in [-0.39, 0.29) is 0 Å². The molecule has 0 aromatic rings. The van der Waals surface area contributed by atoms with Crippen LogP contribution in [0.15, 0.2) is 0 Å². The quantitative estimate of drug-likeness (QED) is 0.490. The summed E-state index contributed by atoms with van der Waals surface area (Å²) in [6, 6.07) is 0. The minimum absolute atomic E-state index is 0.528. The van der Waals surface area contributed by atoms with Gasteiger partial charge < -0.3 is 4.74 Å². The van der Waals surface area contributed by atoms with Crippen molar-refractivity contribution >= 4 is 18.0 Å². The minimum atomic E-state index is -0.528. The van der Waals surface area contributed by atoms with Gasteiger partial charge in [-0.1, -0.05) is 0 Å². The molecule has 2 nitrogen and oxygen atoms in total. The number of hydrogen-bond acceptors (Lipinski definition) is 3. The SMILES string of the molecule is CC1(C=O)OCCS1. The Hall–Kier alpha value is -0.0200. The smallest absolute Gasteiger partial charge is 0.166 e. The van der Waals surface area contributed by atoms with Crippen LogP contribution >= 0.6 is 11.8 Å². The maximum absolute atomic E-state index is 10.2. The second-order valence-electron chi connectivity index (χ2n) is 1.83. The molecular formula is C5H8O2S. The average molecular weight is 132 g/mol. The lowest BCUT2D eigenvalue weighted by atomic mass is 10.4. The highest BCUT2D eigenvalue weighted by atomic mass is 32.2. The predicted octanol–water partition coefficient (Wildman–Crippen LogP) is 0.665. The first-order chi connectivity index (χ1) is 3.77. The first-order valence-electron chi connectivity index (χ1n) is 2.51. The monoisotopic (exact) mass is 132 g/mol. The molecule has 8 heavy (non-hydrogen) atoms. The molecule has 0 aromatic heterocycles. The molecule has 1 saturated heterocycles. The van der Waals surface area contributed by atoms with Crippen LogP contribution in [0.3, 0.4) is 0 Å². The van der Waals surface area contributed by atoms with Crippen LogP contribution < -0.4 is 0 Å². The fourth-order valence-electron chi connectivity index (χ4n) is 0.598. The average Bonchev–Trinajstić information content (AvgIpc) is 2.17. The molecule has 1 aliphatic rings. The van der Waals surface area contributed by atoms with Crippen LogP contribution in [0.4, 0.5) is 0 Å². The number of ether oxygens (including phenoxy) is 1. The Labute approximate surface area is 52.6 Å². The Morgan fingerprint density at radius 1 is 1.88 bits per heavy atom. The van der Waals surface area contributed by atoms with E-state index < -0.39 is 4.93 Å². The van der Waals surface area contributed by atoms with E-state index in [2.05, 4.69) is 0 Å². The van der Waals surface area contributed by atoms with Gasteiger partial charge in [0, 0.05) is 5.75 Å². The Bertz CT molecular complexity index is 96.6. The zero-order valence-corrected chi connectivity index (χ0v) is 5.53. The van der Waals surface area contributed by atoms with Crippen LogP contribution in [0, 0.1) is 0 Å². The molecular weight excluding hydrogens is 124 g/mol. The summed E-state index contributed by atoms with van der Waals surface area (Å²) < 4.78 is 5.08.